The Balaban J connectivity index is 1.97. The second-order valence-corrected chi connectivity index (χ2v) is 6.11. The highest BCUT2D eigenvalue weighted by atomic mass is 31.2. The van der Waals surface area contributed by atoms with Crippen LogP contribution in [0.5, 0.6) is 0 Å². The largest absolute Gasteiger partial charge is 0.369 e. The Morgan fingerprint density at radius 1 is 1.25 bits per heavy atom. The molecule has 9 heteroatoms. The van der Waals surface area contributed by atoms with Crippen LogP contribution in [0.1, 0.15) is 12.8 Å². The molecule has 0 aliphatic heterocycles. The van der Waals surface area contributed by atoms with E-state index in [2.05, 4.69) is 20.3 Å². The second kappa shape index (κ2) is 6.13. The molecule has 2 rings (SSSR count). The van der Waals surface area contributed by atoms with E-state index >= 15 is 0 Å². The van der Waals surface area contributed by atoms with Crippen LogP contribution < -0.4 is 10.9 Å². The van der Waals surface area contributed by atoms with Crippen LogP contribution >= 0.6 is 7.60 Å². The number of nitrogens with zero attached hydrogens (tertiary/aromatic N) is 2. The topological polar surface area (TPSA) is 128 Å². The molecule has 0 bridgehead atoms. The van der Waals surface area contributed by atoms with Crippen LogP contribution in [0.15, 0.2) is 23.3 Å². The van der Waals surface area contributed by atoms with Crippen molar-refractivity contribution in [3.63, 3.8) is 0 Å². The van der Waals surface area contributed by atoms with Crippen LogP contribution in [0.4, 0.5) is 5.82 Å². The van der Waals surface area contributed by atoms with E-state index in [1.165, 1.54) is 12.4 Å². The summed E-state index contributed by atoms with van der Waals surface area (Å²) in [6.45, 7) is 0.533. The Hall–Kier alpha value is -1.76. The summed E-state index contributed by atoms with van der Waals surface area (Å²) >= 11 is 0. The molecule has 0 aromatic carbocycles. The summed E-state index contributed by atoms with van der Waals surface area (Å²) in [5.41, 5.74) is 0.217. The number of nitrogens with one attached hydrogen (secondary N) is 2. The number of H-pyrrole nitrogens is 1. The minimum absolute atomic E-state index is 0.119. The van der Waals surface area contributed by atoms with Gasteiger partial charge in [-0.05, 0) is 18.9 Å². The molecule has 0 amide bonds. The summed E-state index contributed by atoms with van der Waals surface area (Å²) in [4.78, 5) is 39.3. The van der Waals surface area contributed by atoms with Crippen molar-refractivity contribution in [1.29, 1.82) is 0 Å². The van der Waals surface area contributed by atoms with Crippen molar-refractivity contribution in [2.24, 2.45) is 0 Å². The van der Waals surface area contributed by atoms with Crippen molar-refractivity contribution in [2.75, 3.05) is 18.0 Å². The monoisotopic (exact) mass is 298 g/mol. The molecule has 0 radical (unpaired) electrons. The first kappa shape index (κ1) is 14.6. The summed E-state index contributed by atoms with van der Waals surface area (Å²) in [6.07, 6.45) is 2.26. The summed E-state index contributed by atoms with van der Waals surface area (Å²) in [5.74, 6) is 0.586. The van der Waals surface area contributed by atoms with E-state index in [4.69, 9.17) is 9.79 Å². The Morgan fingerprint density at radius 2 is 2.05 bits per heavy atom. The summed E-state index contributed by atoms with van der Waals surface area (Å²) in [6, 6.07) is 3.02. The molecule has 0 saturated carbocycles. The van der Waals surface area contributed by atoms with Crippen molar-refractivity contribution in [1.82, 2.24) is 15.0 Å². The molecule has 0 aliphatic carbocycles. The van der Waals surface area contributed by atoms with E-state index in [1.807, 2.05) is 0 Å². The average Bonchev–Trinajstić information content (AvgIpc) is 2.36. The molecular weight excluding hydrogens is 283 g/mol. The van der Waals surface area contributed by atoms with E-state index in [0.29, 0.717) is 36.2 Å². The van der Waals surface area contributed by atoms with Crippen molar-refractivity contribution >= 4 is 24.4 Å². The smallest absolute Gasteiger partial charge is 0.325 e. The van der Waals surface area contributed by atoms with Gasteiger partial charge in [-0.2, -0.15) is 0 Å². The Kier molecular flexibility index (Phi) is 4.49. The van der Waals surface area contributed by atoms with Gasteiger partial charge in [0.15, 0.2) is 0 Å². The lowest BCUT2D eigenvalue weighted by molar-refractivity contribution is 0.371. The molecule has 2 heterocycles. The predicted octanol–water partition coefficient (Wildman–Crippen LogP) is 0.688. The van der Waals surface area contributed by atoms with Gasteiger partial charge in [0.05, 0.1) is 5.39 Å². The van der Waals surface area contributed by atoms with E-state index in [0.717, 1.165) is 0 Å². The molecule has 0 unspecified atom stereocenters. The van der Waals surface area contributed by atoms with Gasteiger partial charge in [-0.3, -0.25) is 9.36 Å². The molecule has 0 atom stereocenters. The van der Waals surface area contributed by atoms with Gasteiger partial charge in [0.2, 0.25) is 5.56 Å². The Bertz CT molecular complexity index is 696. The maximum Gasteiger partial charge on any atom is 0.325 e. The highest BCUT2D eigenvalue weighted by Crippen LogP contribution is 2.35. The molecule has 108 valence electrons. The minimum atomic E-state index is -3.92. The van der Waals surface area contributed by atoms with Crippen LogP contribution in [-0.4, -0.2) is 37.4 Å². The lowest BCUT2D eigenvalue weighted by atomic mass is 10.3. The predicted molar refractivity (Wildman–Crippen MR) is 74.8 cm³/mol. The van der Waals surface area contributed by atoms with Crippen LogP contribution in [0.25, 0.3) is 11.0 Å². The van der Waals surface area contributed by atoms with Crippen LogP contribution in [0.3, 0.4) is 0 Å². The van der Waals surface area contributed by atoms with Crippen molar-refractivity contribution < 1.29 is 14.4 Å². The van der Waals surface area contributed by atoms with Gasteiger partial charge >= 0.3 is 7.60 Å². The lowest BCUT2D eigenvalue weighted by Crippen LogP contribution is -2.08. The number of unbranched alkanes of at least 4 members (excludes halogenated alkanes) is 1. The fourth-order valence-corrected chi connectivity index (χ4v) is 2.40. The molecule has 20 heavy (non-hydrogen) atoms. The maximum absolute atomic E-state index is 11.2. The highest BCUT2D eigenvalue weighted by molar-refractivity contribution is 7.51. The van der Waals surface area contributed by atoms with Gasteiger partial charge in [-0.1, -0.05) is 0 Å². The first-order valence-electron chi connectivity index (χ1n) is 6.08. The normalized spacial score (nSPS) is 11.7. The number of hydrogen-bond donors (Lipinski definition) is 4. The maximum atomic E-state index is 11.2. The molecule has 4 N–H and O–H groups in total. The van der Waals surface area contributed by atoms with E-state index in [9.17, 15) is 9.36 Å². The highest BCUT2D eigenvalue weighted by Gasteiger charge is 2.11. The zero-order valence-electron chi connectivity index (χ0n) is 10.6. The quantitative estimate of drug-likeness (QED) is 0.456. The molecule has 2 aromatic rings. The van der Waals surface area contributed by atoms with Gasteiger partial charge in [-0.25, -0.2) is 9.97 Å². The Morgan fingerprint density at radius 3 is 2.80 bits per heavy atom. The zero-order chi connectivity index (χ0) is 14.6. The van der Waals surface area contributed by atoms with Crippen molar-refractivity contribution in [2.45, 2.75) is 12.8 Å². The van der Waals surface area contributed by atoms with Gasteiger partial charge < -0.3 is 20.1 Å². The number of pyridine rings is 1. The zero-order valence-corrected chi connectivity index (χ0v) is 11.5. The standard InChI is InChI=1S/C11H15N4O4P/c16-9-4-3-8-10(13-7-14-11(8)15-9)12-5-1-2-6-20(17,18)19/h3-4,7H,1-2,5-6H2,(H2,17,18,19)(H2,12,13,14,15,16). The summed E-state index contributed by atoms with van der Waals surface area (Å²) in [7, 11) is -3.92. The van der Waals surface area contributed by atoms with Crippen LogP contribution in [0.2, 0.25) is 0 Å². The average molecular weight is 298 g/mol. The molecular formula is C11H15N4O4P. The third-order valence-corrected chi connectivity index (χ3v) is 3.59. The Labute approximate surface area is 114 Å². The van der Waals surface area contributed by atoms with Crippen molar-refractivity contribution in [3.05, 3.63) is 28.8 Å². The number of aromatic amines is 1. The molecule has 0 aliphatic rings. The summed E-state index contributed by atoms with van der Waals surface area (Å²) < 4.78 is 10.7. The number of hydrogen-bond acceptors (Lipinski definition) is 5. The first-order valence-corrected chi connectivity index (χ1v) is 7.88. The van der Waals surface area contributed by atoms with Crippen LogP contribution in [-0.2, 0) is 4.57 Å². The van der Waals surface area contributed by atoms with E-state index in [-0.39, 0.29) is 11.7 Å². The molecule has 8 nitrogen and oxygen atoms in total. The van der Waals surface area contributed by atoms with E-state index < -0.39 is 7.60 Å². The van der Waals surface area contributed by atoms with Crippen LogP contribution in [0, 0.1) is 0 Å². The third-order valence-electron chi connectivity index (χ3n) is 2.70. The molecule has 2 aromatic heterocycles. The number of anilines is 1. The number of aromatic nitrogens is 3. The molecule has 0 fully saturated rings. The fourth-order valence-electron chi connectivity index (χ4n) is 1.76. The molecule has 0 saturated heterocycles. The summed E-state index contributed by atoms with van der Waals surface area (Å²) in [5, 5.41) is 3.76. The minimum Gasteiger partial charge on any atom is -0.369 e. The lowest BCUT2D eigenvalue weighted by Gasteiger charge is -2.08. The number of rotatable bonds is 6. The third kappa shape index (κ3) is 4.12. The van der Waals surface area contributed by atoms with Gasteiger partial charge in [-0.15, -0.1) is 0 Å². The van der Waals surface area contributed by atoms with Gasteiger partial charge in [0.25, 0.3) is 0 Å². The van der Waals surface area contributed by atoms with Gasteiger partial charge in [0.1, 0.15) is 17.8 Å². The fraction of sp³-hybridized carbons (Fsp3) is 0.364. The van der Waals surface area contributed by atoms with Gasteiger partial charge in [0, 0.05) is 18.8 Å². The van der Waals surface area contributed by atoms with Crippen molar-refractivity contribution in [3.8, 4) is 0 Å². The van der Waals surface area contributed by atoms with E-state index in [1.54, 1.807) is 6.07 Å². The SMILES string of the molecule is O=c1ccc2c(NCCCCP(=O)(O)O)ncnc2[nH]1. The second-order valence-electron chi connectivity index (χ2n) is 4.33. The first-order chi connectivity index (χ1) is 9.46. The molecule has 0 spiro atoms. The number of fused-ring (bicyclic) bond motifs is 1.